The fourth-order valence-electron chi connectivity index (χ4n) is 3.30. The van der Waals surface area contributed by atoms with E-state index in [1.54, 1.807) is 6.20 Å². The van der Waals surface area contributed by atoms with Crippen LogP contribution >= 0.6 is 23.0 Å². The normalized spacial score (nSPS) is 14.4. The summed E-state index contributed by atoms with van der Waals surface area (Å²) in [5, 5.41) is 4.15. The summed E-state index contributed by atoms with van der Waals surface area (Å²) in [6.07, 6.45) is 4.33. The van der Waals surface area contributed by atoms with Gasteiger partial charge in [-0.1, -0.05) is 5.16 Å². The third kappa shape index (κ3) is 4.27. The van der Waals surface area contributed by atoms with E-state index in [9.17, 15) is 0 Å². The molecule has 0 bridgehead atoms. The summed E-state index contributed by atoms with van der Waals surface area (Å²) < 4.78 is 16.4. The number of pyridine rings is 1. The second-order valence-corrected chi connectivity index (χ2v) is 7.05. The van der Waals surface area contributed by atoms with Crippen LogP contribution < -0.4 is 7.80 Å². The van der Waals surface area contributed by atoms with E-state index in [-0.39, 0.29) is 0 Å². The highest BCUT2D eigenvalue weighted by molar-refractivity contribution is 14.1. The maximum absolute atomic E-state index is 5.63. The molecule has 0 atom stereocenters. The molecule has 0 unspecified atom stereocenters. The number of ether oxygens (including phenoxy) is 1. The van der Waals surface area contributed by atoms with E-state index in [4.69, 9.17) is 12.3 Å². The van der Waals surface area contributed by atoms with Crippen LogP contribution in [0.25, 0.3) is 22.8 Å². The van der Waals surface area contributed by atoms with Crippen molar-refractivity contribution in [2.75, 3.05) is 19.7 Å². The van der Waals surface area contributed by atoms with Crippen LogP contribution in [0.15, 0.2) is 41.1 Å². The molecule has 1 aliphatic rings. The van der Waals surface area contributed by atoms with Crippen LogP contribution in [-0.2, 0) is 6.54 Å². The standard InChI is InChI=1S/C20H21IN4O3/c1-2-26-18-12-15(5-6-17(18)27-21)20-23-19(24-28-20)14-7-8-22-16(11-14)13-25-9-3-4-10-25/h5-8,11-12H,2-4,9-10,13H2,1H3. The Morgan fingerprint density at radius 2 is 1.96 bits per heavy atom. The van der Waals surface area contributed by atoms with Gasteiger partial charge in [0.05, 0.1) is 12.3 Å². The Labute approximate surface area is 177 Å². The van der Waals surface area contributed by atoms with E-state index in [0.717, 1.165) is 36.5 Å². The Morgan fingerprint density at radius 3 is 2.75 bits per heavy atom. The number of halogens is 1. The monoisotopic (exact) mass is 492 g/mol. The van der Waals surface area contributed by atoms with Gasteiger partial charge in [0.1, 0.15) is 0 Å². The summed E-state index contributed by atoms with van der Waals surface area (Å²) >= 11 is 1.84. The summed E-state index contributed by atoms with van der Waals surface area (Å²) in [7, 11) is 0. The van der Waals surface area contributed by atoms with Gasteiger partial charge in [-0.3, -0.25) is 9.88 Å². The highest BCUT2D eigenvalue weighted by atomic mass is 127. The number of aromatic nitrogens is 3. The van der Waals surface area contributed by atoms with Crippen LogP contribution in [0.2, 0.25) is 0 Å². The lowest BCUT2D eigenvalue weighted by Crippen LogP contribution is -2.19. The zero-order chi connectivity index (χ0) is 19.3. The van der Waals surface area contributed by atoms with Gasteiger partial charge in [0.15, 0.2) is 34.5 Å². The lowest BCUT2D eigenvalue weighted by molar-refractivity contribution is 0.327. The van der Waals surface area contributed by atoms with Crippen molar-refractivity contribution < 1.29 is 12.3 Å². The highest BCUT2D eigenvalue weighted by Gasteiger charge is 2.16. The number of likely N-dealkylation sites (tertiary alicyclic amines) is 1. The van der Waals surface area contributed by atoms with Crippen LogP contribution in [0.1, 0.15) is 25.5 Å². The van der Waals surface area contributed by atoms with Crippen LogP contribution in [0, 0.1) is 0 Å². The molecule has 4 rings (SSSR count). The van der Waals surface area contributed by atoms with Crippen molar-refractivity contribution in [1.82, 2.24) is 20.0 Å². The van der Waals surface area contributed by atoms with Gasteiger partial charge >= 0.3 is 0 Å². The molecule has 2 aromatic heterocycles. The molecule has 1 aromatic carbocycles. The molecular formula is C20H21IN4O3. The second kappa shape index (κ2) is 8.87. The Balaban J connectivity index is 1.57. The van der Waals surface area contributed by atoms with Crippen LogP contribution in [0.5, 0.6) is 11.5 Å². The van der Waals surface area contributed by atoms with Crippen LogP contribution in [0.4, 0.5) is 0 Å². The molecule has 0 saturated carbocycles. The van der Waals surface area contributed by atoms with E-state index in [1.807, 2.05) is 60.3 Å². The molecule has 8 heteroatoms. The van der Waals surface area contributed by atoms with E-state index >= 15 is 0 Å². The van der Waals surface area contributed by atoms with Gasteiger partial charge in [0.2, 0.25) is 5.82 Å². The van der Waals surface area contributed by atoms with Gasteiger partial charge in [-0.05, 0) is 63.2 Å². The first-order chi connectivity index (χ1) is 13.8. The molecule has 146 valence electrons. The van der Waals surface area contributed by atoms with Crippen molar-refractivity contribution in [2.24, 2.45) is 0 Å². The molecule has 3 heterocycles. The van der Waals surface area contributed by atoms with E-state index in [0.29, 0.717) is 29.8 Å². The summed E-state index contributed by atoms with van der Waals surface area (Å²) in [5.41, 5.74) is 2.70. The summed E-state index contributed by atoms with van der Waals surface area (Å²) in [6, 6.07) is 9.49. The molecule has 0 radical (unpaired) electrons. The number of rotatable bonds is 7. The quantitative estimate of drug-likeness (QED) is 0.449. The first kappa shape index (κ1) is 19.1. The largest absolute Gasteiger partial charge is 0.490 e. The van der Waals surface area contributed by atoms with Gasteiger partial charge in [-0.15, -0.1) is 0 Å². The van der Waals surface area contributed by atoms with E-state index in [1.165, 1.54) is 12.8 Å². The summed E-state index contributed by atoms with van der Waals surface area (Å²) in [5.74, 6) is 2.29. The molecule has 0 aliphatic carbocycles. The second-order valence-electron chi connectivity index (χ2n) is 6.61. The minimum Gasteiger partial charge on any atom is -0.490 e. The summed E-state index contributed by atoms with van der Waals surface area (Å²) in [4.78, 5) is 11.5. The van der Waals surface area contributed by atoms with Gasteiger partial charge in [0.25, 0.3) is 5.89 Å². The average molecular weight is 492 g/mol. The van der Waals surface area contributed by atoms with Crippen molar-refractivity contribution in [2.45, 2.75) is 26.3 Å². The number of hydrogen-bond donors (Lipinski definition) is 0. The van der Waals surface area contributed by atoms with Crippen molar-refractivity contribution in [3.63, 3.8) is 0 Å². The SMILES string of the molecule is CCOc1cc(-c2nc(-c3ccnc(CN4CCCC4)c3)no2)ccc1OI. The maximum Gasteiger partial charge on any atom is 0.258 e. The highest BCUT2D eigenvalue weighted by Crippen LogP contribution is 2.34. The molecular weight excluding hydrogens is 471 g/mol. The Hall–Kier alpha value is -2.20. The molecule has 0 N–H and O–H groups in total. The zero-order valence-electron chi connectivity index (χ0n) is 15.6. The van der Waals surface area contributed by atoms with Crippen LogP contribution in [0.3, 0.4) is 0 Å². The van der Waals surface area contributed by atoms with Crippen molar-refractivity contribution in [1.29, 1.82) is 0 Å². The first-order valence-electron chi connectivity index (χ1n) is 9.34. The lowest BCUT2D eigenvalue weighted by atomic mass is 10.2. The maximum atomic E-state index is 5.63. The third-order valence-corrected chi connectivity index (χ3v) is 5.13. The Morgan fingerprint density at radius 1 is 1.11 bits per heavy atom. The predicted octanol–water partition coefficient (Wildman–Crippen LogP) is 4.52. The fraction of sp³-hybridized carbons (Fsp3) is 0.350. The van der Waals surface area contributed by atoms with Gasteiger partial charge in [0, 0.05) is 23.9 Å². The van der Waals surface area contributed by atoms with Gasteiger partial charge in [-0.25, -0.2) is 0 Å². The molecule has 1 fully saturated rings. The molecule has 3 aromatic rings. The molecule has 7 nitrogen and oxygen atoms in total. The number of benzene rings is 1. The van der Waals surface area contributed by atoms with Gasteiger partial charge < -0.3 is 12.3 Å². The molecule has 0 amide bonds. The Kier molecular flexibility index (Phi) is 6.06. The van der Waals surface area contributed by atoms with E-state index in [2.05, 4.69) is 20.0 Å². The zero-order valence-corrected chi connectivity index (χ0v) is 17.8. The number of hydrogen-bond acceptors (Lipinski definition) is 7. The van der Waals surface area contributed by atoms with Crippen molar-refractivity contribution in [3.05, 3.63) is 42.2 Å². The topological polar surface area (TPSA) is 73.5 Å². The average Bonchev–Trinajstić information content (AvgIpc) is 3.41. The number of nitrogens with zero attached hydrogens (tertiary/aromatic N) is 4. The van der Waals surface area contributed by atoms with Crippen LogP contribution in [-0.4, -0.2) is 39.7 Å². The minimum atomic E-state index is 0.439. The lowest BCUT2D eigenvalue weighted by Gasteiger charge is -2.13. The fourth-order valence-corrected chi connectivity index (χ4v) is 3.67. The van der Waals surface area contributed by atoms with Gasteiger partial charge in [-0.2, -0.15) is 4.98 Å². The smallest absolute Gasteiger partial charge is 0.258 e. The molecule has 28 heavy (non-hydrogen) atoms. The minimum absolute atomic E-state index is 0.439. The van der Waals surface area contributed by atoms with Crippen molar-refractivity contribution >= 4 is 23.0 Å². The predicted molar refractivity (Wildman–Crippen MR) is 113 cm³/mol. The van der Waals surface area contributed by atoms with E-state index < -0.39 is 0 Å². The Bertz CT molecular complexity index is 941. The first-order valence-corrected chi connectivity index (χ1v) is 10.2. The molecule has 1 aliphatic heterocycles. The third-order valence-electron chi connectivity index (χ3n) is 4.66. The van der Waals surface area contributed by atoms with Crippen molar-refractivity contribution in [3.8, 4) is 34.3 Å². The summed E-state index contributed by atoms with van der Waals surface area (Å²) in [6.45, 7) is 5.60. The molecule has 0 spiro atoms. The molecule has 1 saturated heterocycles.